The van der Waals surface area contributed by atoms with Gasteiger partial charge in [-0.2, -0.15) is 8.42 Å². The fourth-order valence-electron chi connectivity index (χ4n) is 3.73. The van der Waals surface area contributed by atoms with E-state index in [2.05, 4.69) is 9.97 Å². The number of rotatable bonds is 6. The van der Waals surface area contributed by atoms with Crippen LogP contribution in [-0.4, -0.2) is 29.4 Å². The van der Waals surface area contributed by atoms with Gasteiger partial charge in [0.05, 0.1) is 16.7 Å². The molecule has 10 nitrogen and oxygen atoms in total. The lowest BCUT2D eigenvalue weighted by Gasteiger charge is -2.23. The van der Waals surface area contributed by atoms with Gasteiger partial charge in [-0.05, 0) is 56.7 Å². The molecule has 0 aliphatic rings. The summed E-state index contributed by atoms with van der Waals surface area (Å²) in [5.41, 5.74) is 14.6. The predicted octanol–water partition coefficient (Wildman–Crippen LogP) is 3.30. The second-order valence-electron chi connectivity index (χ2n) is 8.56. The smallest absolute Gasteiger partial charge is 0.322 e. The van der Waals surface area contributed by atoms with Gasteiger partial charge in [0, 0.05) is 17.3 Å². The van der Waals surface area contributed by atoms with Crippen LogP contribution in [0.25, 0.3) is 22.2 Å². The largest absolute Gasteiger partial charge is 0.383 e. The summed E-state index contributed by atoms with van der Waals surface area (Å²) in [6.45, 7) is 6.07. The molecule has 0 fully saturated rings. The van der Waals surface area contributed by atoms with Crippen molar-refractivity contribution in [3.63, 3.8) is 0 Å². The highest BCUT2D eigenvalue weighted by atomic mass is 32.2. The highest BCUT2D eigenvalue weighted by molar-refractivity contribution is 7.92. The van der Waals surface area contributed by atoms with Gasteiger partial charge in [-0.25, -0.2) is 9.97 Å². The zero-order valence-electron chi connectivity index (χ0n) is 18.8. The average molecular weight is 481 g/mol. The third-order valence-electron chi connectivity index (χ3n) is 5.17. The summed E-state index contributed by atoms with van der Waals surface area (Å²) in [6, 6.07) is 14.8. The molecule has 0 saturated heterocycles. The summed E-state index contributed by atoms with van der Waals surface area (Å²) in [6.07, 6.45) is 1.48. The topological polar surface area (TPSA) is 146 Å². The fraction of sp³-hybridized carbons (Fsp3) is 0.174. The summed E-state index contributed by atoms with van der Waals surface area (Å²) in [4.78, 5) is 24.1. The highest BCUT2D eigenvalue weighted by Gasteiger charge is 2.30. The van der Waals surface area contributed by atoms with E-state index < -0.39 is 10.0 Å². The minimum absolute atomic E-state index is 0.0318. The number of carbonyl (C=O) groups is 1. The Morgan fingerprint density at radius 2 is 1.74 bits per heavy atom. The number of fused-ring (bicyclic) bond motifs is 1. The van der Waals surface area contributed by atoms with Crippen molar-refractivity contribution in [2.24, 2.45) is 0 Å². The molecule has 2 aromatic heterocycles. The zero-order valence-corrected chi connectivity index (χ0v) is 19.7. The molecule has 0 bridgehead atoms. The number of benzene rings is 2. The number of hydrogen-bond acceptors (Lipinski definition) is 8. The first kappa shape index (κ1) is 23.1. The van der Waals surface area contributed by atoms with Crippen molar-refractivity contribution >= 4 is 45.0 Å². The van der Waals surface area contributed by atoms with E-state index in [1.165, 1.54) is 24.4 Å². The van der Waals surface area contributed by atoms with Gasteiger partial charge < -0.3 is 20.9 Å². The Balaban J connectivity index is 1.85. The van der Waals surface area contributed by atoms with Crippen molar-refractivity contribution in [1.82, 2.24) is 14.5 Å². The molecule has 11 heteroatoms. The molecule has 4 N–H and O–H groups in total. The third-order valence-corrected chi connectivity index (χ3v) is 6.78. The van der Waals surface area contributed by atoms with Gasteiger partial charge in [0.1, 0.15) is 10.7 Å². The van der Waals surface area contributed by atoms with E-state index in [9.17, 15) is 13.2 Å². The Kier molecular flexibility index (Phi) is 5.65. The van der Waals surface area contributed by atoms with E-state index in [0.29, 0.717) is 27.1 Å². The van der Waals surface area contributed by atoms with Crippen LogP contribution in [0, 0.1) is 0 Å². The Labute approximate surface area is 196 Å². The first-order valence-corrected chi connectivity index (χ1v) is 11.7. The quantitative estimate of drug-likeness (QED) is 0.316. The summed E-state index contributed by atoms with van der Waals surface area (Å²) >= 11 is 0. The summed E-state index contributed by atoms with van der Waals surface area (Å²) in [7, 11) is -4.39. The molecule has 34 heavy (non-hydrogen) atoms. The summed E-state index contributed by atoms with van der Waals surface area (Å²) < 4.78 is 29.3. The lowest BCUT2D eigenvalue weighted by atomic mass is 10.1. The Morgan fingerprint density at radius 1 is 1.03 bits per heavy atom. The Bertz CT molecular complexity index is 1480. The molecule has 0 aliphatic carbocycles. The van der Waals surface area contributed by atoms with Crippen molar-refractivity contribution in [3.05, 3.63) is 60.8 Å². The molecule has 0 radical (unpaired) electrons. The highest BCUT2D eigenvalue weighted by Crippen LogP contribution is 2.33. The lowest BCUT2D eigenvalue weighted by Crippen LogP contribution is -2.31. The summed E-state index contributed by atoms with van der Waals surface area (Å²) in [5.74, 6) is 0.145. The molecule has 0 unspecified atom stereocenters. The number of para-hydroxylation sites is 1. The van der Waals surface area contributed by atoms with E-state index in [-0.39, 0.29) is 28.4 Å². The van der Waals surface area contributed by atoms with Crippen molar-refractivity contribution in [1.29, 1.82) is 0 Å². The molecule has 0 amide bonds. The van der Waals surface area contributed by atoms with E-state index in [1.807, 2.05) is 31.4 Å². The number of carbonyl (C=O) groups excluding carboxylic acids is 1. The first-order chi connectivity index (χ1) is 16.0. The minimum atomic E-state index is -4.39. The monoisotopic (exact) mass is 480 g/mol. The maximum absolute atomic E-state index is 13.4. The Hall–Kier alpha value is -4.12. The number of imidazole rings is 1. The van der Waals surface area contributed by atoms with E-state index in [4.69, 9.17) is 16.3 Å². The number of nitrogens with two attached hydrogens (primary N) is 2. The molecule has 0 atom stereocenters. The van der Waals surface area contributed by atoms with Crippen LogP contribution in [-0.2, 0) is 25.2 Å². The van der Waals surface area contributed by atoms with Gasteiger partial charge in [0.15, 0.2) is 0 Å². The van der Waals surface area contributed by atoms with Crippen molar-refractivity contribution in [2.45, 2.75) is 31.2 Å². The molecule has 176 valence electrons. The van der Waals surface area contributed by atoms with Crippen molar-refractivity contribution in [3.8, 4) is 11.1 Å². The van der Waals surface area contributed by atoms with Crippen LogP contribution in [0.1, 0.15) is 20.8 Å². The van der Waals surface area contributed by atoms with Gasteiger partial charge in [-0.1, -0.05) is 28.7 Å². The second-order valence-corrected chi connectivity index (χ2v) is 10.3. The van der Waals surface area contributed by atoms with Gasteiger partial charge in [0.2, 0.25) is 5.95 Å². The van der Waals surface area contributed by atoms with E-state index in [0.717, 1.165) is 5.52 Å². The second kappa shape index (κ2) is 8.34. The number of aromatic nitrogens is 3. The maximum Gasteiger partial charge on any atom is 0.322 e. The number of nitrogen functional groups attached to an aromatic ring is 2. The van der Waals surface area contributed by atoms with Gasteiger partial charge in [-0.15, -0.1) is 0 Å². The molecular formula is C23H24N6O4S. The minimum Gasteiger partial charge on any atom is -0.383 e. The summed E-state index contributed by atoms with van der Waals surface area (Å²) in [5, 5.41) is 0. The molecule has 0 spiro atoms. The lowest BCUT2D eigenvalue weighted by molar-refractivity contribution is -0.128. The van der Waals surface area contributed by atoms with E-state index >= 15 is 0 Å². The van der Waals surface area contributed by atoms with Crippen LogP contribution in [0.3, 0.4) is 0 Å². The van der Waals surface area contributed by atoms with Crippen LogP contribution in [0.2, 0.25) is 0 Å². The maximum atomic E-state index is 13.4. The molecular weight excluding hydrogens is 456 g/mol. The van der Waals surface area contributed by atoms with Crippen molar-refractivity contribution < 1.29 is 18.0 Å². The number of anilines is 3. The molecule has 2 heterocycles. The molecule has 4 rings (SSSR count). The van der Waals surface area contributed by atoms with Crippen LogP contribution in [0.5, 0.6) is 0 Å². The van der Waals surface area contributed by atoms with E-state index in [1.54, 1.807) is 30.3 Å². The molecule has 4 aromatic rings. The van der Waals surface area contributed by atoms with Crippen LogP contribution in [0.4, 0.5) is 17.5 Å². The van der Waals surface area contributed by atoms with Crippen molar-refractivity contribution in [2.75, 3.05) is 15.9 Å². The fourth-order valence-corrected chi connectivity index (χ4v) is 5.05. The zero-order chi connectivity index (χ0) is 24.7. The number of hydrogen-bond donors (Lipinski definition) is 2. The first-order valence-electron chi connectivity index (χ1n) is 10.3. The average Bonchev–Trinajstić information content (AvgIpc) is 3.13. The molecule has 0 saturated carbocycles. The SMILES string of the molecule is CC(C)(C)n1c(N)nc2ccc(-c3cnc(N)c(S(=O)(=O)N(OC=O)c4ccccc4)c3)cc21. The van der Waals surface area contributed by atoms with Crippen LogP contribution in [0.15, 0.2) is 65.7 Å². The van der Waals surface area contributed by atoms with Crippen LogP contribution < -0.4 is 15.9 Å². The third kappa shape index (κ3) is 4.01. The molecule has 0 aliphatic heterocycles. The van der Waals surface area contributed by atoms with Crippen LogP contribution >= 0.6 is 0 Å². The van der Waals surface area contributed by atoms with Gasteiger partial charge >= 0.3 is 6.47 Å². The number of pyridine rings is 1. The van der Waals surface area contributed by atoms with Gasteiger partial charge in [0.25, 0.3) is 10.0 Å². The molecule has 2 aromatic carbocycles. The normalized spacial score (nSPS) is 12.0. The number of nitrogens with zero attached hydrogens (tertiary/aromatic N) is 4. The standard InChI is InChI=1S/C23H24N6O4S/c1-23(2,3)28-19-11-15(9-10-18(19)27-22(28)25)16-12-20(21(24)26-13-16)34(31,32)29(33-14-30)17-7-5-4-6-8-17/h4-14H,1-3H3,(H2,24,26)(H2,25,27). The predicted molar refractivity (Wildman–Crippen MR) is 130 cm³/mol. The number of sulfonamides is 1. The Morgan fingerprint density at radius 3 is 2.38 bits per heavy atom. The van der Waals surface area contributed by atoms with Gasteiger partial charge in [-0.3, -0.25) is 4.79 Å².